The second-order valence-corrected chi connectivity index (χ2v) is 0.363. The second-order valence-electron chi connectivity index (χ2n) is 0.185. The van der Waals surface area contributed by atoms with Gasteiger partial charge >= 0.3 is 6.47 Å². The van der Waals surface area contributed by atoms with Crippen molar-refractivity contribution < 1.29 is 9.08 Å². The third-order valence-corrected chi connectivity index (χ3v) is 0.109. The molecule has 0 aliphatic rings. The zero-order valence-electron chi connectivity index (χ0n) is 3.22. The van der Waals surface area contributed by atoms with Gasteiger partial charge in [-0.25, -0.2) is 0 Å². The lowest BCUT2D eigenvalue weighted by molar-refractivity contribution is -0.120. The maximum Gasteiger partial charge on any atom is 0.312 e. The summed E-state index contributed by atoms with van der Waals surface area (Å²) in [7, 11) is 0. The summed E-state index contributed by atoms with van der Waals surface area (Å²) in [6.07, 6.45) is 1.69. The molecule has 0 N–H and O–H groups in total. The van der Waals surface area contributed by atoms with E-state index in [1.165, 1.54) is 0 Å². The number of rotatable bonds is 1. The van der Waals surface area contributed by atoms with Crippen LogP contribution in [0.1, 0.15) is 0 Å². The van der Waals surface area contributed by atoms with Gasteiger partial charge in [0, 0.05) is 0 Å². The van der Waals surface area contributed by atoms with Gasteiger partial charge in [-0.2, -0.15) is 12.6 Å². The van der Waals surface area contributed by atoms with Crippen LogP contribution in [0.5, 0.6) is 0 Å². The highest BCUT2D eigenvalue weighted by Crippen LogP contribution is 1.62. The Hall–Kier alpha value is 0.110. The van der Waals surface area contributed by atoms with Crippen LogP contribution < -0.4 is 0 Å². The molecule has 38 valence electrons. The smallest absolute Gasteiger partial charge is 0.312 e. The Morgan fingerprint density at radius 2 is 2.00 bits per heavy atom. The highest BCUT2D eigenvalue weighted by molar-refractivity contribution is 7.79. The van der Waals surface area contributed by atoms with Crippen LogP contribution in [0.2, 0.25) is 0 Å². The quantitative estimate of drug-likeness (QED) is 0.419. The van der Waals surface area contributed by atoms with Gasteiger partial charge in [0.25, 0.3) is 0 Å². The number of hydrogen-bond donors (Lipinski definition) is 1. The molecule has 0 radical (unpaired) electrons. The zero-order valence-corrected chi connectivity index (χ0v) is 4.87. The van der Waals surface area contributed by atoms with Crippen molar-refractivity contribution in [3.05, 3.63) is 0 Å². The van der Waals surface area contributed by atoms with Gasteiger partial charge in [-0.3, -0.25) is 4.79 Å². The van der Waals surface area contributed by atoms with Crippen molar-refractivity contribution in [3.63, 3.8) is 0 Å². The van der Waals surface area contributed by atoms with Crippen LogP contribution in [0.3, 0.4) is 0 Å². The number of carbonyl (C=O) groups is 1. The number of halogens is 1. The summed E-state index contributed by atoms with van der Waals surface area (Å²) < 4.78 is 3.33. The lowest BCUT2D eigenvalue weighted by atomic mass is 11.7. The summed E-state index contributed by atoms with van der Waals surface area (Å²) in [5.74, 6) is 0. The molecule has 6 heavy (non-hydrogen) atoms. The molecule has 0 aliphatic heterocycles. The molecule has 0 spiro atoms. The van der Waals surface area contributed by atoms with Crippen LogP contribution in [0.4, 0.5) is 0 Å². The van der Waals surface area contributed by atoms with Gasteiger partial charge in [-0.15, -0.1) is 0 Å². The van der Waals surface area contributed by atoms with Gasteiger partial charge in [0.1, 0.15) is 11.9 Å². The first-order valence-corrected chi connectivity index (χ1v) is 2.28. The molecule has 0 saturated heterocycles. The second kappa shape index (κ2) is 19.4. The third-order valence-electron chi connectivity index (χ3n) is 0.0364. The van der Waals surface area contributed by atoms with Crippen molar-refractivity contribution in [1.82, 2.24) is 0 Å². The molecule has 2 nitrogen and oxygen atoms in total. The molecule has 0 aromatic heterocycles. The molecule has 0 fully saturated rings. The third kappa shape index (κ3) is 32.3. The minimum atomic E-state index is 0.140. The fourth-order valence-electron chi connectivity index (χ4n) is 0. The first-order valence-electron chi connectivity index (χ1n) is 1.07. The van der Waals surface area contributed by atoms with Gasteiger partial charge in [0.15, 0.2) is 0 Å². The van der Waals surface area contributed by atoms with E-state index in [1.54, 1.807) is 6.26 Å². The largest absolute Gasteiger partial charge is 0.350 e. The number of carbonyl (C=O) groups excluding carboxylic acids is 1. The lowest BCUT2D eigenvalue weighted by Gasteiger charge is -1.59. The van der Waals surface area contributed by atoms with Crippen LogP contribution in [0, 0.1) is 0 Å². The summed E-state index contributed by atoms with van der Waals surface area (Å²) in [4.78, 5) is 8.82. The van der Waals surface area contributed by atoms with Crippen molar-refractivity contribution in [1.29, 1.82) is 0 Å². The highest BCUT2D eigenvalue weighted by atomic mass is 35.5. The lowest BCUT2D eigenvalue weighted by Crippen LogP contribution is -1.57. The Morgan fingerprint density at radius 3 is 2.00 bits per heavy atom. The summed E-state index contributed by atoms with van der Waals surface area (Å²) >= 11 is 7.85. The van der Waals surface area contributed by atoms with E-state index in [2.05, 4.69) is 28.8 Å². The molecule has 0 bridgehead atoms. The minimum Gasteiger partial charge on any atom is -0.350 e. The maximum atomic E-state index is 8.82. The molecule has 0 aromatic carbocycles. The number of hydrogen-bond acceptors (Lipinski definition) is 3. The monoisotopic (exact) mass is 128 g/mol. The average Bonchev–Trinajstić information content (AvgIpc) is 1.72. The van der Waals surface area contributed by atoms with E-state index in [9.17, 15) is 0 Å². The van der Waals surface area contributed by atoms with Gasteiger partial charge < -0.3 is 4.29 Å². The SMILES string of the molecule is CS.O=COCl. The molecular formula is C2H5ClO2S. The molecule has 4 heteroatoms. The molecule has 0 unspecified atom stereocenters. The Balaban J connectivity index is 0. The Kier molecular flexibility index (Phi) is 30.5. The van der Waals surface area contributed by atoms with Crippen LogP contribution in [-0.4, -0.2) is 12.7 Å². The predicted molar refractivity (Wildman–Crippen MR) is 27.9 cm³/mol. The first kappa shape index (κ1) is 9.44. The van der Waals surface area contributed by atoms with Crippen molar-refractivity contribution in [2.45, 2.75) is 0 Å². The topological polar surface area (TPSA) is 26.3 Å². The van der Waals surface area contributed by atoms with E-state index in [4.69, 9.17) is 4.79 Å². The van der Waals surface area contributed by atoms with Crippen molar-refractivity contribution >= 4 is 31.0 Å². The Bertz CT molecular complexity index is 25.5. The molecule has 0 saturated carbocycles. The molecular weight excluding hydrogens is 124 g/mol. The summed E-state index contributed by atoms with van der Waals surface area (Å²) in [6.45, 7) is 0.140. The van der Waals surface area contributed by atoms with E-state index in [0.717, 1.165) is 0 Å². The Labute approximate surface area is 47.0 Å². The fourth-order valence-corrected chi connectivity index (χ4v) is 0. The van der Waals surface area contributed by atoms with Crippen molar-refractivity contribution in [3.8, 4) is 0 Å². The van der Waals surface area contributed by atoms with Gasteiger partial charge in [0.2, 0.25) is 0 Å². The first-order chi connectivity index (χ1) is 2.91. The van der Waals surface area contributed by atoms with E-state index >= 15 is 0 Å². The summed E-state index contributed by atoms with van der Waals surface area (Å²) in [6, 6.07) is 0. The molecule has 0 heterocycles. The molecule has 0 aliphatic carbocycles. The van der Waals surface area contributed by atoms with Crippen molar-refractivity contribution in [2.75, 3.05) is 6.26 Å². The van der Waals surface area contributed by atoms with Crippen LogP contribution in [0.25, 0.3) is 0 Å². The van der Waals surface area contributed by atoms with Gasteiger partial charge in [0.05, 0.1) is 0 Å². The maximum absolute atomic E-state index is 8.82. The van der Waals surface area contributed by atoms with E-state index in [-0.39, 0.29) is 6.47 Å². The molecule has 0 aromatic rings. The average molecular weight is 129 g/mol. The van der Waals surface area contributed by atoms with E-state index in [0.29, 0.717) is 0 Å². The summed E-state index contributed by atoms with van der Waals surface area (Å²) in [5.41, 5.74) is 0. The van der Waals surface area contributed by atoms with Crippen LogP contribution >= 0.6 is 24.5 Å². The highest BCUT2D eigenvalue weighted by Gasteiger charge is 1.50. The molecule has 0 rings (SSSR count). The molecule has 0 amide bonds. The minimum absolute atomic E-state index is 0.140. The Morgan fingerprint density at radius 1 is 1.83 bits per heavy atom. The normalized spacial score (nSPS) is 4.50. The fraction of sp³-hybridized carbons (Fsp3) is 0.500. The van der Waals surface area contributed by atoms with Crippen LogP contribution in [0.15, 0.2) is 0 Å². The summed E-state index contributed by atoms with van der Waals surface area (Å²) in [5, 5.41) is 0. The van der Waals surface area contributed by atoms with E-state index in [1.807, 2.05) is 0 Å². The standard InChI is InChI=1S/CHClO2.CH4S/c2-4-1-3;1-2/h1H;2H,1H3. The van der Waals surface area contributed by atoms with Crippen LogP contribution in [-0.2, 0) is 9.08 Å². The predicted octanol–water partition coefficient (Wildman–Crippen LogP) is 0.859. The van der Waals surface area contributed by atoms with Gasteiger partial charge in [-0.05, 0) is 6.26 Å². The van der Waals surface area contributed by atoms with Crippen molar-refractivity contribution in [2.24, 2.45) is 0 Å². The number of thiol groups is 1. The van der Waals surface area contributed by atoms with E-state index < -0.39 is 0 Å². The zero-order chi connectivity index (χ0) is 5.41. The van der Waals surface area contributed by atoms with Gasteiger partial charge in [-0.1, -0.05) is 0 Å². The molecule has 0 atom stereocenters.